The summed E-state index contributed by atoms with van der Waals surface area (Å²) in [4.78, 5) is 21.7. The van der Waals surface area contributed by atoms with Crippen LogP contribution in [0.3, 0.4) is 0 Å². The van der Waals surface area contributed by atoms with Crippen LogP contribution in [0.2, 0.25) is 0 Å². The highest BCUT2D eigenvalue weighted by atomic mass is 16.7. The van der Waals surface area contributed by atoms with E-state index in [4.69, 9.17) is 14.5 Å². The van der Waals surface area contributed by atoms with E-state index in [-0.39, 0.29) is 12.7 Å². The molecule has 2 aromatic heterocycles. The van der Waals surface area contributed by atoms with E-state index in [1.807, 2.05) is 42.5 Å². The Bertz CT molecular complexity index is 1190. The van der Waals surface area contributed by atoms with Crippen molar-refractivity contribution < 1.29 is 14.3 Å². The molecule has 2 aromatic carbocycles. The number of pyridine rings is 2. The summed E-state index contributed by atoms with van der Waals surface area (Å²) in [6.07, 6.45) is 3.27. The zero-order valence-corrected chi connectivity index (χ0v) is 14.8. The number of anilines is 1. The fraction of sp³-hybridized carbons (Fsp3) is 0.0455. The molecule has 28 heavy (non-hydrogen) atoms. The van der Waals surface area contributed by atoms with Gasteiger partial charge >= 0.3 is 0 Å². The first-order valence-electron chi connectivity index (χ1n) is 8.79. The number of nitrogens with one attached hydrogen (secondary N) is 1. The van der Waals surface area contributed by atoms with Gasteiger partial charge in [-0.2, -0.15) is 0 Å². The number of benzene rings is 2. The van der Waals surface area contributed by atoms with Crippen molar-refractivity contribution in [3.8, 4) is 22.8 Å². The average molecular weight is 369 g/mol. The second-order valence-electron chi connectivity index (χ2n) is 6.33. The van der Waals surface area contributed by atoms with E-state index in [0.29, 0.717) is 28.4 Å². The number of nitrogens with zero attached hydrogens (tertiary/aromatic N) is 2. The number of carbonyl (C=O) groups excluding carboxylic acids is 1. The van der Waals surface area contributed by atoms with Crippen LogP contribution in [0.25, 0.3) is 22.2 Å². The van der Waals surface area contributed by atoms with Gasteiger partial charge in [-0.15, -0.1) is 0 Å². The maximum atomic E-state index is 13.0. The van der Waals surface area contributed by atoms with Gasteiger partial charge in [0.15, 0.2) is 11.5 Å². The molecule has 6 heteroatoms. The molecule has 1 aliphatic heterocycles. The third-order valence-corrected chi connectivity index (χ3v) is 4.57. The highest BCUT2D eigenvalue weighted by Gasteiger charge is 2.17. The Morgan fingerprint density at radius 2 is 1.75 bits per heavy atom. The van der Waals surface area contributed by atoms with Crippen molar-refractivity contribution in [1.29, 1.82) is 0 Å². The lowest BCUT2D eigenvalue weighted by Crippen LogP contribution is -2.13. The minimum Gasteiger partial charge on any atom is -0.454 e. The van der Waals surface area contributed by atoms with Crippen LogP contribution in [0.15, 0.2) is 73.1 Å². The van der Waals surface area contributed by atoms with Crippen LogP contribution >= 0.6 is 0 Å². The molecular formula is C22H15N3O3. The summed E-state index contributed by atoms with van der Waals surface area (Å²) in [7, 11) is 0. The molecule has 1 amide bonds. The minimum atomic E-state index is -0.202. The van der Waals surface area contributed by atoms with Crippen molar-refractivity contribution in [3.63, 3.8) is 0 Å². The molecule has 0 atom stereocenters. The second kappa shape index (κ2) is 6.66. The summed E-state index contributed by atoms with van der Waals surface area (Å²) in [6, 6.07) is 18.5. The number of amides is 1. The Kier molecular flexibility index (Phi) is 3.87. The zero-order chi connectivity index (χ0) is 18.9. The Morgan fingerprint density at radius 1 is 0.929 bits per heavy atom. The maximum absolute atomic E-state index is 13.0. The fourth-order valence-electron chi connectivity index (χ4n) is 3.20. The van der Waals surface area contributed by atoms with Gasteiger partial charge in [0.25, 0.3) is 5.91 Å². The number of hydrogen-bond donors (Lipinski definition) is 1. The molecule has 4 aromatic rings. The molecular weight excluding hydrogens is 354 g/mol. The Morgan fingerprint density at radius 3 is 2.64 bits per heavy atom. The monoisotopic (exact) mass is 369 g/mol. The van der Waals surface area contributed by atoms with Gasteiger partial charge < -0.3 is 14.8 Å². The summed E-state index contributed by atoms with van der Waals surface area (Å²) in [5, 5.41) is 3.71. The number of para-hydroxylation sites is 1. The number of ether oxygens (including phenoxy) is 2. The van der Waals surface area contributed by atoms with Crippen molar-refractivity contribution in [1.82, 2.24) is 9.97 Å². The lowest BCUT2D eigenvalue weighted by atomic mass is 10.0. The SMILES string of the molecule is O=C(Nc1ccncc1)c1cc(-c2ccc3c(c2)OCO3)nc2ccccc12. The summed E-state index contributed by atoms with van der Waals surface area (Å²) in [5.41, 5.74) is 3.53. The molecule has 5 rings (SSSR count). The van der Waals surface area contributed by atoms with E-state index in [0.717, 1.165) is 16.5 Å². The molecule has 0 saturated heterocycles. The molecule has 0 spiro atoms. The largest absolute Gasteiger partial charge is 0.454 e. The van der Waals surface area contributed by atoms with Crippen molar-refractivity contribution in [2.75, 3.05) is 12.1 Å². The lowest BCUT2D eigenvalue weighted by molar-refractivity contribution is 0.102. The first kappa shape index (κ1) is 16.3. The summed E-state index contributed by atoms with van der Waals surface area (Å²) >= 11 is 0. The molecule has 3 heterocycles. The number of fused-ring (bicyclic) bond motifs is 2. The molecule has 1 aliphatic rings. The predicted octanol–water partition coefficient (Wildman–Crippen LogP) is 4.28. The molecule has 6 nitrogen and oxygen atoms in total. The van der Waals surface area contributed by atoms with Gasteiger partial charge in [0.1, 0.15) is 0 Å². The third kappa shape index (κ3) is 2.91. The van der Waals surface area contributed by atoms with Crippen LogP contribution < -0.4 is 14.8 Å². The van der Waals surface area contributed by atoms with Crippen molar-refractivity contribution in [2.24, 2.45) is 0 Å². The molecule has 0 bridgehead atoms. The van der Waals surface area contributed by atoms with Gasteiger partial charge in [-0.25, -0.2) is 4.98 Å². The molecule has 0 fully saturated rings. The normalized spacial score (nSPS) is 12.1. The van der Waals surface area contributed by atoms with Gasteiger partial charge in [0.05, 0.1) is 16.8 Å². The number of aromatic nitrogens is 2. The Balaban J connectivity index is 1.61. The van der Waals surface area contributed by atoms with Gasteiger partial charge in [-0.05, 0) is 42.5 Å². The quantitative estimate of drug-likeness (QED) is 0.584. The van der Waals surface area contributed by atoms with Crippen LogP contribution in [0, 0.1) is 0 Å². The van der Waals surface area contributed by atoms with Crippen LogP contribution in [0.5, 0.6) is 11.5 Å². The highest BCUT2D eigenvalue weighted by molar-refractivity contribution is 6.13. The second-order valence-corrected chi connectivity index (χ2v) is 6.33. The minimum absolute atomic E-state index is 0.202. The zero-order valence-electron chi connectivity index (χ0n) is 14.8. The lowest BCUT2D eigenvalue weighted by Gasteiger charge is -2.11. The standard InChI is InChI=1S/C22H15N3O3/c26-22(24-15-7-9-23-10-8-15)17-12-19(25-18-4-2-1-3-16(17)18)14-5-6-20-21(11-14)28-13-27-20/h1-12H,13H2,(H,23,24,26). The van der Waals surface area contributed by atoms with E-state index < -0.39 is 0 Å². The maximum Gasteiger partial charge on any atom is 0.256 e. The van der Waals surface area contributed by atoms with E-state index >= 15 is 0 Å². The van der Waals surface area contributed by atoms with Crippen molar-refractivity contribution in [2.45, 2.75) is 0 Å². The van der Waals surface area contributed by atoms with E-state index in [2.05, 4.69) is 10.3 Å². The van der Waals surface area contributed by atoms with Crippen molar-refractivity contribution in [3.05, 3.63) is 78.6 Å². The molecule has 1 N–H and O–H groups in total. The van der Waals surface area contributed by atoms with E-state index in [9.17, 15) is 4.79 Å². The van der Waals surface area contributed by atoms with Crippen LogP contribution in [0.4, 0.5) is 5.69 Å². The smallest absolute Gasteiger partial charge is 0.256 e. The van der Waals surface area contributed by atoms with Gasteiger partial charge in [0.2, 0.25) is 6.79 Å². The topological polar surface area (TPSA) is 73.3 Å². The molecule has 136 valence electrons. The third-order valence-electron chi connectivity index (χ3n) is 4.57. The molecule has 0 radical (unpaired) electrons. The van der Waals surface area contributed by atoms with E-state index in [1.165, 1.54) is 0 Å². The van der Waals surface area contributed by atoms with Gasteiger partial charge in [0, 0.05) is 29.0 Å². The van der Waals surface area contributed by atoms with Crippen LogP contribution in [-0.2, 0) is 0 Å². The number of rotatable bonds is 3. The molecule has 0 saturated carbocycles. The summed E-state index contributed by atoms with van der Waals surface area (Å²) < 4.78 is 10.8. The van der Waals surface area contributed by atoms with Crippen molar-refractivity contribution >= 4 is 22.5 Å². The highest BCUT2D eigenvalue weighted by Crippen LogP contribution is 2.36. The first-order chi connectivity index (χ1) is 13.8. The average Bonchev–Trinajstić information content (AvgIpc) is 3.21. The number of hydrogen-bond acceptors (Lipinski definition) is 5. The fourth-order valence-corrected chi connectivity index (χ4v) is 3.20. The van der Waals surface area contributed by atoms with E-state index in [1.54, 1.807) is 30.6 Å². The van der Waals surface area contributed by atoms with Gasteiger partial charge in [-0.3, -0.25) is 9.78 Å². The molecule has 0 aliphatic carbocycles. The van der Waals surface area contributed by atoms with Crippen LogP contribution in [0.1, 0.15) is 10.4 Å². The van der Waals surface area contributed by atoms with Gasteiger partial charge in [-0.1, -0.05) is 18.2 Å². The Labute approximate surface area is 160 Å². The van der Waals surface area contributed by atoms with Crippen LogP contribution in [-0.4, -0.2) is 22.7 Å². The predicted molar refractivity (Wildman–Crippen MR) is 105 cm³/mol. The first-order valence-corrected chi connectivity index (χ1v) is 8.79. The number of carbonyl (C=O) groups is 1. The summed E-state index contributed by atoms with van der Waals surface area (Å²) in [6.45, 7) is 0.212. The Hall–Kier alpha value is -3.93. The molecule has 0 unspecified atom stereocenters. The summed E-state index contributed by atoms with van der Waals surface area (Å²) in [5.74, 6) is 1.18.